The molecular weight excluding hydrogens is 54.8 g/mol. The van der Waals surface area contributed by atoms with Crippen molar-refractivity contribution in [3.63, 3.8) is 0 Å². The second-order valence-electron chi connectivity index (χ2n) is 0.341. The third kappa shape index (κ3) is 1.98. The highest BCUT2D eigenvalue weighted by Crippen LogP contribution is 1.43. The summed E-state index contributed by atoms with van der Waals surface area (Å²) in [6.45, 7) is -0.810. The maximum absolute atomic E-state index is 7.46. The Morgan fingerprint density at radius 3 is 2.75 bits per heavy atom. The molecule has 0 aliphatic heterocycles. The van der Waals surface area contributed by atoms with Gasteiger partial charge in [-0.3, -0.25) is 5.26 Å². The largest absolute Gasteiger partial charge is 0.253 e. The summed E-state index contributed by atoms with van der Waals surface area (Å²) in [5.74, 6) is 0. The molecule has 0 radical (unpaired) electrons. The second kappa shape index (κ2) is 2.98. The molecule has 1 unspecified atom stereocenters. The Labute approximate surface area is 27.1 Å². The van der Waals surface area contributed by atoms with E-state index in [-0.39, 0.29) is 0 Å². The molecule has 0 bridgehead atoms. The Kier molecular flexibility index (Phi) is 1.67. The van der Waals surface area contributed by atoms with Crippen molar-refractivity contribution in [3.8, 4) is 0 Å². The molecule has 0 aliphatic rings. The lowest BCUT2D eigenvalue weighted by Crippen LogP contribution is -1.82. The van der Waals surface area contributed by atoms with Crippen LogP contribution in [0.4, 0.5) is 0 Å². The predicted octanol–water partition coefficient (Wildman–Crippen LogP) is -0.933. The standard InChI is InChI=1S/CH5BO2/c2-1-4-3/h3H,1-2H2/i1D. The van der Waals surface area contributed by atoms with Crippen molar-refractivity contribution in [2.24, 2.45) is 0 Å². The van der Waals surface area contributed by atoms with Gasteiger partial charge in [0.15, 0.2) is 0 Å². The topological polar surface area (TPSA) is 29.5 Å². The van der Waals surface area contributed by atoms with Gasteiger partial charge in [-0.1, -0.05) is 0 Å². The van der Waals surface area contributed by atoms with Crippen LogP contribution >= 0.6 is 0 Å². The summed E-state index contributed by atoms with van der Waals surface area (Å²) in [6, 6.07) is 0. The van der Waals surface area contributed by atoms with Gasteiger partial charge < -0.3 is 0 Å². The molecule has 0 spiro atoms. The molecule has 4 heavy (non-hydrogen) atoms. The van der Waals surface area contributed by atoms with E-state index in [4.69, 9.17) is 6.63 Å². The summed E-state index contributed by atoms with van der Waals surface area (Å²) in [4.78, 5) is 3.42. The minimum atomic E-state index is -0.810. The van der Waals surface area contributed by atoms with Gasteiger partial charge in [-0.25, -0.2) is 4.89 Å². The van der Waals surface area contributed by atoms with E-state index in [9.17, 15) is 0 Å². The van der Waals surface area contributed by atoms with Gasteiger partial charge in [0, 0.05) is 7.85 Å². The van der Waals surface area contributed by atoms with Gasteiger partial charge in [0.1, 0.15) is 7.85 Å². The van der Waals surface area contributed by atoms with Crippen molar-refractivity contribution in [3.05, 3.63) is 0 Å². The highest BCUT2D eigenvalue weighted by Gasteiger charge is 1.56. The fraction of sp³-hybridized carbons (Fsp3) is 1.00. The zero-order valence-electron chi connectivity index (χ0n) is 3.43. The van der Waals surface area contributed by atoms with Crippen LogP contribution < -0.4 is 0 Å². The summed E-state index contributed by atoms with van der Waals surface area (Å²) in [7, 11) is 1.42. The Hall–Kier alpha value is -0.0151. The summed E-state index contributed by atoms with van der Waals surface area (Å²) in [5.41, 5.74) is 0. The molecule has 3 heteroatoms. The molecule has 0 fully saturated rings. The number of hydrogen-bond acceptors (Lipinski definition) is 2. The highest BCUT2D eigenvalue weighted by molar-refractivity contribution is 6.08. The molecule has 0 saturated carbocycles. The Balaban J connectivity index is 2.54. The fourth-order valence-electron chi connectivity index (χ4n) is 0. The fourth-order valence-corrected chi connectivity index (χ4v) is 0. The molecule has 0 aromatic carbocycles. The van der Waals surface area contributed by atoms with Gasteiger partial charge in [0.05, 0.1) is 0 Å². The molecular formula is CH5BO2. The first-order chi connectivity index (χ1) is 2.27. The zero-order chi connectivity index (χ0) is 4.28. The first-order valence-electron chi connectivity index (χ1n) is 1.57. The second-order valence-corrected chi connectivity index (χ2v) is 0.341. The van der Waals surface area contributed by atoms with Gasteiger partial charge in [0.25, 0.3) is 0 Å². The Morgan fingerprint density at radius 2 is 2.75 bits per heavy atom. The van der Waals surface area contributed by atoms with Crippen LogP contribution in [0, 0.1) is 0 Å². The molecule has 0 aromatic heterocycles. The highest BCUT2D eigenvalue weighted by atomic mass is 17.1. The average Bonchev–Trinajstić information content (AvgIpc) is 1.38. The molecule has 0 aliphatic carbocycles. The van der Waals surface area contributed by atoms with Crippen molar-refractivity contribution in [1.29, 1.82) is 0 Å². The van der Waals surface area contributed by atoms with Crippen molar-refractivity contribution < 1.29 is 11.5 Å². The maximum atomic E-state index is 7.46. The van der Waals surface area contributed by atoms with Crippen LogP contribution in [0.15, 0.2) is 0 Å². The summed E-state index contributed by atoms with van der Waals surface area (Å²) in [5, 5.41) is 7.46. The van der Waals surface area contributed by atoms with Gasteiger partial charge in [-0.15, -0.1) is 0 Å². The smallest absolute Gasteiger partial charge is 0.139 e. The molecule has 0 amide bonds. The Morgan fingerprint density at radius 1 is 2.50 bits per heavy atom. The SMILES string of the molecule is [2H]C(B)OO. The Bertz CT molecular complexity index is 23.6. The minimum absolute atomic E-state index is 0.810. The van der Waals surface area contributed by atoms with E-state index in [1.165, 1.54) is 7.85 Å². The molecule has 0 aromatic rings. The van der Waals surface area contributed by atoms with Crippen LogP contribution in [-0.2, 0) is 4.89 Å². The van der Waals surface area contributed by atoms with Gasteiger partial charge >= 0.3 is 0 Å². The van der Waals surface area contributed by atoms with E-state index in [1.807, 2.05) is 0 Å². The van der Waals surface area contributed by atoms with Gasteiger partial charge in [-0.05, 0) is 0 Å². The van der Waals surface area contributed by atoms with Crippen LogP contribution in [-0.4, -0.2) is 19.6 Å². The molecule has 0 heterocycles. The van der Waals surface area contributed by atoms with E-state index in [2.05, 4.69) is 4.89 Å². The quantitative estimate of drug-likeness (QED) is 0.241. The van der Waals surface area contributed by atoms with E-state index in [1.54, 1.807) is 0 Å². The van der Waals surface area contributed by atoms with Crippen LogP contribution in [0.25, 0.3) is 0 Å². The molecule has 1 atom stereocenters. The normalized spacial score (nSPS) is 18.8. The molecule has 0 saturated heterocycles. The first kappa shape index (κ1) is 2.24. The lowest BCUT2D eigenvalue weighted by molar-refractivity contribution is -0.224. The summed E-state index contributed by atoms with van der Waals surface area (Å²) < 4.78 is 6.35. The molecule has 0 rings (SSSR count). The van der Waals surface area contributed by atoms with Crippen molar-refractivity contribution >= 4 is 7.85 Å². The molecule has 24 valence electrons. The zero-order valence-corrected chi connectivity index (χ0v) is 2.43. The number of rotatable bonds is 1. The molecule has 1 N–H and O–H groups in total. The predicted molar refractivity (Wildman–Crippen MR) is 17.1 cm³/mol. The summed E-state index contributed by atoms with van der Waals surface area (Å²) >= 11 is 0. The van der Waals surface area contributed by atoms with E-state index in [0.717, 1.165) is 0 Å². The lowest BCUT2D eigenvalue weighted by atomic mass is 10.2. The van der Waals surface area contributed by atoms with Crippen LogP contribution in [0.2, 0.25) is 0 Å². The molecule has 2 nitrogen and oxygen atoms in total. The lowest BCUT2D eigenvalue weighted by Gasteiger charge is -1.73. The summed E-state index contributed by atoms with van der Waals surface area (Å²) in [6.07, 6.45) is 0. The van der Waals surface area contributed by atoms with Gasteiger partial charge in [0.2, 0.25) is 0 Å². The average molecular weight is 60.9 g/mol. The van der Waals surface area contributed by atoms with Crippen LogP contribution in [0.5, 0.6) is 0 Å². The van der Waals surface area contributed by atoms with Crippen LogP contribution in [0.1, 0.15) is 1.37 Å². The van der Waals surface area contributed by atoms with Crippen molar-refractivity contribution in [1.82, 2.24) is 0 Å². The van der Waals surface area contributed by atoms with Gasteiger partial charge in [-0.2, -0.15) is 0 Å². The monoisotopic (exact) mass is 61.0 g/mol. The third-order valence-electron chi connectivity index (χ3n) is 0.105. The minimum Gasteiger partial charge on any atom is -0.253 e. The third-order valence-corrected chi connectivity index (χ3v) is 0.105. The first-order valence-corrected chi connectivity index (χ1v) is 0.996. The van der Waals surface area contributed by atoms with E-state index >= 15 is 0 Å². The number of hydrogen-bond donors (Lipinski definition) is 1. The van der Waals surface area contributed by atoms with Crippen LogP contribution in [0.3, 0.4) is 0 Å². The maximum Gasteiger partial charge on any atom is 0.139 e. The van der Waals surface area contributed by atoms with Crippen molar-refractivity contribution in [2.45, 2.75) is 0 Å². The van der Waals surface area contributed by atoms with E-state index < -0.39 is 6.48 Å². The van der Waals surface area contributed by atoms with E-state index in [0.29, 0.717) is 0 Å². The van der Waals surface area contributed by atoms with Crippen molar-refractivity contribution in [2.75, 3.05) is 6.48 Å².